The average molecular weight is 470 g/mol. The second-order valence-electron chi connectivity index (χ2n) is 7.83. The molecular formula is C22H23N5O3S2. The summed E-state index contributed by atoms with van der Waals surface area (Å²) in [7, 11) is -3.66. The standard InChI is InChI=1S/C22H23N5O3S2/c1-14-20(15(2)30-25-14)32(28,29)27-11-9-26(10-12-27)21-19-18(17-7-5-4-6-8-17)13-31-22(19)24-16(3)23-21/h4-8,13H,9-12H2,1-3H3. The summed E-state index contributed by atoms with van der Waals surface area (Å²) in [5.74, 6) is 1.89. The van der Waals surface area contributed by atoms with Crippen LogP contribution in [0.1, 0.15) is 17.3 Å². The summed E-state index contributed by atoms with van der Waals surface area (Å²) in [6, 6.07) is 10.2. The van der Waals surface area contributed by atoms with Crippen LogP contribution >= 0.6 is 11.3 Å². The van der Waals surface area contributed by atoms with Gasteiger partial charge in [-0.15, -0.1) is 11.3 Å². The van der Waals surface area contributed by atoms with E-state index >= 15 is 0 Å². The van der Waals surface area contributed by atoms with Crippen LogP contribution < -0.4 is 4.90 Å². The van der Waals surface area contributed by atoms with Crippen molar-refractivity contribution in [1.29, 1.82) is 0 Å². The minimum absolute atomic E-state index is 0.176. The topological polar surface area (TPSA) is 92.4 Å². The summed E-state index contributed by atoms with van der Waals surface area (Å²) in [6.07, 6.45) is 0. The highest BCUT2D eigenvalue weighted by atomic mass is 32.2. The normalized spacial score (nSPS) is 15.5. The largest absolute Gasteiger partial charge is 0.360 e. The van der Waals surface area contributed by atoms with Gasteiger partial charge in [0.05, 0.1) is 5.39 Å². The quantitative estimate of drug-likeness (QED) is 0.449. The van der Waals surface area contributed by atoms with E-state index in [0.29, 0.717) is 43.5 Å². The molecule has 166 valence electrons. The maximum absolute atomic E-state index is 13.2. The molecule has 1 aliphatic heterocycles. The van der Waals surface area contributed by atoms with Crippen molar-refractivity contribution in [1.82, 2.24) is 19.4 Å². The van der Waals surface area contributed by atoms with Crippen LogP contribution in [-0.2, 0) is 10.0 Å². The van der Waals surface area contributed by atoms with E-state index in [1.807, 2.05) is 25.1 Å². The third kappa shape index (κ3) is 3.48. The van der Waals surface area contributed by atoms with Gasteiger partial charge in [0, 0.05) is 37.1 Å². The summed E-state index contributed by atoms with van der Waals surface area (Å²) in [5, 5.41) is 6.95. The van der Waals surface area contributed by atoms with Gasteiger partial charge in [-0.05, 0) is 26.3 Å². The first-order valence-corrected chi connectivity index (χ1v) is 12.7. The minimum Gasteiger partial charge on any atom is -0.360 e. The molecule has 0 radical (unpaired) electrons. The Bertz CT molecular complexity index is 1370. The number of hydrogen-bond acceptors (Lipinski definition) is 8. The molecule has 0 bridgehead atoms. The number of rotatable bonds is 4. The summed E-state index contributed by atoms with van der Waals surface area (Å²) in [6.45, 7) is 6.98. The number of benzene rings is 1. The number of nitrogens with zero attached hydrogens (tertiary/aromatic N) is 5. The van der Waals surface area contributed by atoms with Crippen LogP contribution in [0.3, 0.4) is 0 Å². The zero-order valence-electron chi connectivity index (χ0n) is 18.1. The molecule has 0 atom stereocenters. The van der Waals surface area contributed by atoms with Crippen LogP contribution in [0.15, 0.2) is 45.1 Å². The van der Waals surface area contributed by atoms with Gasteiger partial charge in [-0.2, -0.15) is 4.31 Å². The molecule has 1 fully saturated rings. The van der Waals surface area contributed by atoms with Gasteiger partial charge in [0.15, 0.2) is 5.76 Å². The minimum atomic E-state index is -3.66. The first-order chi connectivity index (χ1) is 15.4. The molecule has 5 rings (SSSR count). The molecule has 8 nitrogen and oxygen atoms in total. The molecule has 0 spiro atoms. The van der Waals surface area contributed by atoms with E-state index in [4.69, 9.17) is 9.51 Å². The maximum atomic E-state index is 13.2. The second-order valence-corrected chi connectivity index (χ2v) is 10.6. The van der Waals surface area contributed by atoms with Crippen molar-refractivity contribution in [3.63, 3.8) is 0 Å². The van der Waals surface area contributed by atoms with Gasteiger partial charge in [-0.25, -0.2) is 18.4 Å². The monoisotopic (exact) mass is 469 g/mol. The van der Waals surface area contributed by atoms with Crippen molar-refractivity contribution in [2.75, 3.05) is 31.1 Å². The Kier molecular flexibility index (Phi) is 5.23. The fourth-order valence-corrected chi connectivity index (χ4v) is 6.90. The fraction of sp³-hybridized carbons (Fsp3) is 0.318. The van der Waals surface area contributed by atoms with E-state index in [0.717, 1.165) is 27.2 Å². The van der Waals surface area contributed by atoms with Gasteiger partial charge in [-0.1, -0.05) is 35.5 Å². The van der Waals surface area contributed by atoms with Gasteiger partial charge in [0.1, 0.15) is 27.1 Å². The van der Waals surface area contributed by atoms with Crippen molar-refractivity contribution in [2.45, 2.75) is 25.7 Å². The van der Waals surface area contributed by atoms with E-state index in [9.17, 15) is 8.42 Å². The molecule has 4 aromatic rings. The lowest BCUT2D eigenvalue weighted by Crippen LogP contribution is -2.49. The number of piperazine rings is 1. The number of aromatic nitrogens is 3. The Morgan fingerprint density at radius 3 is 2.38 bits per heavy atom. The van der Waals surface area contributed by atoms with E-state index in [1.165, 1.54) is 4.31 Å². The van der Waals surface area contributed by atoms with Gasteiger partial charge in [0.25, 0.3) is 0 Å². The number of anilines is 1. The molecule has 0 amide bonds. The zero-order valence-corrected chi connectivity index (χ0v) is 19.7. The zero-order chi connectivity index (χ0) is 22.5. The molecule has 4 heterocycles. The van der Waals surface area contributed by atoms with Crippen LogP contribution in [0, 0.1) is 20.8 Å². The van der Waals surface area contributed by atoms with Crippen LogP contribution in [0.4, 0.5) is 5.82 Å². The summed E-state index contributed by atoms with van der Waals surface area (Å²) < 4.78 is 33.0. The van der Waals surface area contributed by atoms with Crippen molar-refractivity contribution in [3.8, 4) is 11.1 Å². The Balaban J connectivity index is 1.47. The molecule has 32 heavy (non-hydrogen) atoms. The fourth-order valence-electron chi connectivity index (χ4n) is 4.20. The Labute approximate surface area is 190 Å². The smallest absolute Gasteiger partial charge is 0.248 e. The predicted octanol–water partition coefficient (Wildman–Crippen LogP) is 3.78. The lowest BCUT2D eigenvalue weighted by Gasteiger charge is -2.35. The highest BCUT2D eigenvalue weighted by molar-refractivity contribution is 7.89. The van der Waals surface area contributed by atoms with Crippen molar-refractivity contribution in [2.24, 2.45) is 0 Å². The van der Waals surface area contributed by atoms with Crippen molar-refractivity contribution < 1.29 is 12.9 Å². The molecule has 0 aliphatic carbocycles. The maximum Gasteiger partial charge on any atom is 0.248 e. The number of hydrogen-bond donors (Lipinski definition) is 0. The highest BCUT2D eigenvalue weighted by Crippen LogP contribution is 2.38. The third-order valence-corrected chi connectivity index (χ3v) is 8.73. The van der Waals surface area contributed by atoms with Crippen molar-refractivity contribution >= 4 is 37.4 Å². The Morgan fingerprint density at radius 2 is 1.72 bits per heavy atom. The molecule has 0 unspecified atom stereocenters. The highest BCUT2D eigenvalue weighted by Gasteiger charge is 2.34. The number of sulfonamides is 1. The number of aryl methyl sites for hydroxylation is 3. The second kappa shape index (κ2) is 7.95. The molecule has 10 heteroatoms. The first kappa shape index (κ1) is 21.0. The van der Waals surface area contributed by atoms with Crippen LogP contribution in [0.25, 0.3) is 21.3 Å². The van der Waals surface area contributed by atoms with Crippen LogP contribution in [0.5, 0.6) is 0 Å². The Hall–Kier alpha value is -2.82. The van der Waals surface area contributed by atoms with Gasteiger partial charge < -0.3 is 9.42 Å². The lowest BCUT2D eigenvalue weighted by molar-refractivity contribution is 0.378. The van der Waals surface area contributed by atoms with Crippen molar-refractivity contribution in [3.05, 3.63) is 53.0 Å². The first-order valence-electron chi connectivity index (χ1n) is 10.4. The average Bonchev–Trinajstić information content (AvgIpc) is 3.36. The summed E-state index contributed by atoms with van der Waals surface area (Å²) >= 11 is 1.61. The molecule has 1 aromatic carbocycles. The van der Waals surface area contributed by atoms with Gasteiger partial charge in [-0.3, -0.25) is 0 Å². The molecule has 3 aromatic heterocycles. The number of thiophene rings is 1. The molecule has 1 saturated heterocycles. The van der Waals surface area contributed by atoms with E-state index in [1.54, 1.807) is 25.2 Å². The molecule has 0 N–H and O–H groups in total. The van der Waals surface area contributed by atoms with Crippen LogP contribution in [-0.4, -0.2) is 54.0 Å². The molecular weight excluding hydrogens is 446 g/mol. The SMILES string of the molecule is Cc1nc(N2CCN(S(=O)(=O)c3c(C)noc3C)CC2)c2c(-c3ccccc3)csc2n1. The molecule has 1 aliphatic rings. The number of fused-ring (bicyclic) bond motifs is 1. The van der Waals surface area contributed by atoms with Gasteiger partial charge in [0.2, 0.25) is 10.0 Å². The van der Waals surface area contributed by atoms with Crippen LogP contribution in [0.2, 0.25) is 0 Å². The van der Waals surface area contributed by atoms with E-state index < -0.39 is 10.0 Å². The van der Waals surface area contributed by atoms with E-state index in [-0.39, 0.29) is 4.90 Å². The lowest BCUT2D eigenvalue weighted by atomic mass is 10.1. The van der Waals surface area contributed by atoms with Gasteiger partial charge >= 0.3 is 0 Å². The molecule has 0 saturated carbocycles. The summed E-state index contributed by atoms with van der Waals surface area (Å²) in [5.41, 5.74) is 2.61. The Morgan fingerprint density at radius 1 is 1.00 bits per heavy atom. The third-order valence-electron chi connectivity index (χ3n) is 5.71. The summed E-state index contributed by atoms with van der Waals surface area (Å²) in [4.78, 5) is 12.7. The predicted molar refractivity (Wildman–Crippen MR) is 125 cm³/mol. The van der Waals surface area contributed by atoms with E-state index in [2.05, 4.69) is 32.6 Å².